The number of aryl methyl sites for hydroxylation is 1. The molecule has 1 saturated heterocycles. The largest absolute Gasteiger partial charge is 0.397 e. The van der Waals surface area contributed by atoms with Crippen LogP contribution in [0.5, 0.6) is 0 Å². The van der Waals surface area contributed by atoms with E-state index in [2.05, 4.69) is 10.2 Å². The minimum absolute atomic E-state index is 0.0809. The number of nitrogen functional groups attached to an aromatic ring is 1. The van der Waals surface area contributed by atoms with E-state index in [1.807, 2.05) is 25.1 Å². The maximum absolute atomic E-state index is 12.0. The van der Waals surface area contributed by atoms with Gasteiger partial charge in [-0.05, 0) is 37.8 Å². The van der Waals surface area contributed by atoms with Gasteiger partial charge in [0.15, 0.2) is 0 Å². The van der Waals surface area contributed by atoms with Gasteiger partial charge in [0, 0.05) is 13.6 Å². The number of nitrogens with zero attached hydrogens (tertiary/aromatic N) is 1. The highest BCUT2D eigenvalue weighted by molar-refractivity contribution is 5.87. The summed E-state index contributed by atoms with van der Waals surface area (Å²) < 4.78 is 0. The van der Waals surface area contributed by atoms with Gasteiger partial charge in [0.05, 0.1) is 11.4 Å². The first-order valence-corrected chi connectivity index (χ1v) is 6.48. The van der Waals surface area contributed by atoms with E-state index in [0.717, 1.165) is 42.7 Å². The average Bonchev–Trinajstić information content (AvgIpc) is 2.38. The zero-order valence-electron chi connectivity index (χ0n) is 11.1. The summed E-state index contributed by atoms with van der Waals surface area (Å²) in [7, 11) is 1.69. The average molecular weight is 247 g/mol. The van der Waals surface area contributed by atoms with Crippen molar-refractivity contribution in [1.29, 1.82) is 0 Å². The molecule has 18 heavy (non-hydrogen) atoms. The third-order valence-corrected chi connectivity index (χ3v) is 3.61. The Hall–Kier alpha value is -1.71. The van der Waals surface area contributed by atoms with Crippen LogP contribution in [0.3, 0.4) is 0 Å². The fourth-order valence-corrected chi connectivity index (χ4v) is 2.71. The Bertz CT molecular complexity index is 424. The fourth-order valence-electron chi connectivity index (χ4n) is 2.71. The lowest BCUT2D eigenvalue weighted by Crippen LogP contribution is -2.49. The summed E-state index contributed by atoms with van der Waals surface area (Å²) in [5.74, 6) is 0.0809. The number of anilines is 2. The van der Waals surface area contributed by atoms with E-state index in [1.165, 1.54) is 0 Å². The predicted molar refractivity (Wildman–Crippen MR) is 74.6 cm³/mol. The Balaban J connectivity index is 2.37. The highest BCUT2D eigenvalue weighted by Crippen LogP contribution is 2.32. The molecule has 1 heterocycles. The number of amides is 1. The zero-order valence-corrected chi connectivity index (χ0v) is 11.1. The SMILES string of the molecule is CNC(=O)C1CCCCN1c1c(C)cccc1N. The van der Waals surface area contributed by atoms with E-state index >= 15 is 0 Å². The van der Waals surface area contributed by atoms with E-state index in [-0.39, 0.29) is 11.9 Å². The Morgan fingerprint density at radius 2 is 2.22 bits per heavy atom. The summed E-state index contributed by atoms with van der Waals surface area (Å²) in [6.07, 6.45) is 3.11. The molecule has 0 bridgehead atoms. The number of hydrogen-bond acceptors (Lipinski definition) is 3. The number of carbonyl (C=O) groups is 1. The van der Waals surface area contributed by atoms with Crippen molar-refractivity contribution in [2.24, 2.45) is 0 Å². The topological polar surface area (TPSA) is 58.4 Å². The van der Waals surface area contributed by atoms with Crippen LogP contribution in [0.2, 0.25) is 0 Å². The van der Waals surface area contributed by atoms with E-state index in [1.54, 1.807) is 7.05 Å². The maximum atomic E-state index is 12.0. The first kappa shape index (κ1) is 12.7. The lowest BCUT2D eigenvalue weighted by molar-refractivity contribution is -0.122. The van der Waals surface area contributed by atoms with Crippen molar-refractivity contribution in [2.45, 2.75) is 32.2 Å². The second-order valence-electron chi connectivity index (χ2n) is 4.83. The molecule has 1 fully saturated rings. The van der Waals surface area contributed by atoms with Crippen LogP contribution in [-0.2, 0) is 4.79 Å². The summed E-state index contributed by atoms with van der Waals surface area (Å²) in [5.41, 5.74) is 8.99. The van der Waals surface area contributed by atoms with Crippen molar-refractivity contribution >= 4 is 17.3 Å². The van der Waals surface area contributed by atoms with Crippen molar-refractivity contribution in [1.82, 2.24) is 5.32 Å². The van der Waals surface area contributed by atoms with Gasteiger partial charge in [-0.15, -0.1) is 0 Å². The molecule has 0 saturated carbocycles. The molecule has 98 valence electrons. The third-order valence-electron chi connectivity index (χ3n) is 3.61. The molecular weight excluding hydrogens is 226 g/mol. The molecule has 2 rings (SSSR count). The second kappa shape index (κ2) is 5.29. The number of benzene rings is 1. The number of nitrogens with one attached hydrogen (secondary N) is 1. The molecule has 1 unspecified atom stereocenters. The summed E-state index contributed by atoms with van der Waals surface area (Å²) in [6, 6.07) is 5.80. The molecule has 1 aliphatic rings. The summed E-state index contributed by atoms with van der Waals surface area (Å²) in [6.45, 7) is 2.94. The van der Waals surface area contributed by atoms with Gasteiger partial charge in [-0.1, -0.05) is 12.1 Å². The lowest BCUT2D eigenvalue weighted by Gasteiger charge is -2.37. The highest BCUT2D eigenvalue weighted by Gasteiger charge is 2.29. The molecule has 0 spiro atoms. The van der Waals surface area contributed by atoms with E-state index in [0.29, 0.717) is 0 Å². The third kappa shape index (κ3) is 2.28. The van der Waals surface area contributed by atoms with Crippen LogP contribution in [0, 0.1) is 6.92 Å². The normalized spacial score (nSPS) is 19.7. The number of likely N-dealkylation sites (N-methyl/N-ethyl adjacent to an activating group) is 1. The Morgan fingerprint density at radius 1 is 1.44 bits per heavy atom. The fraction of sp³-hybridized carbons (Fsp3) is 0.500. The summed E-state index contributed by atoms with van der Waals surface area (Å²) >= 11 is 0. The molecule has 1 aromatic carbocycles. The van der Waals surface area contributed by atoms with Gasteiger partial charge in [0.2, 0.25) is 5.91 Å². The molecule has 1 atom stereocenters. The van der Waals surface area contributed by atoms with Gasteiger partial charge in [-0.25, -0.2) is 0 Å². The Labute approximate surface area is 108 Å². The predicted octanol–water partition coefficient (Wildman–Crippen LogP) is 1.68. The quantitative estimate of drug-likeness (QED) is 0.782. The summed E-state index contributed by atoms with van der Waals surface area (Å²) in [4.78, 5) is 14.1. The van der Waals surface area contributed by atoms with Gasteiger partial charge < -0.3 is 16.0 Å². The highest BCUT2D eigenvalue weighted by atomic mass is 16.2. The Kier molecular flexibility index (Phi) is 3.75. The van der Waals surface area contributed by atoms with Gasteiger partial charge in [0.1, 0.15) is 6.04 Å². The minimum Gasteiger partial charge on any atom is -0.397 e. The van der Waals surface area contributed by atoms with E-state index in [9.17, 15) is 4.79 Å². The zero-order chi connectivity index (χ0) is 13.1. The van der Waals surface area contributed by atoms with E-state index < -0.39 is 0 Å². The van der Waals surface area contributed by atoms with E-state index in [4.69, 9.17) is 5.73 Å². The van der Waals surface area contributed by atoms with Crippen LogP contribution >= 0.6 is 0 Å². The van der Waals surface area contributed by atoms with Gasteiger partial charge in [0.25, 0.3) is 0 Å². The smallest absolute Gasteiger partial charge is 0.242 e. The minimum atomic E-state index is -0.0906. The summed E-state index contributed by atoms with van der Waals surface area (Å²) in [5, 5.41) is 2.75. The van der Waals surface area contributed by atoms with Gasteiger partial charge in [-0.3, -0.25) is 4.79 Å². The molecular formula is C14H21N3O. The van der Waals surface area contributed by atoms with Gasteiger partial charge >= 0.3 is 0 Å². The number of piperidine rings is 1. The molecule has 1 aliphatic heterocycles. The first-order valence-electron chi connectivity index (χ1n) is 6.48. The van der Waals surface area contributed by atoms with Gasteiger partial charge in [-0.2, -0.15) is 0 Å². The van der Waals surface area contributed by atoms with Crippen LogP contribution in [0.1, 0.15) is 24.8 Å². The number of rotatable bonds is 2. The molecule has 0 radical (unpaired) electrons. The van der Waals surface area contributed by atoms with Crippen molar-refractivity contribution in [3.8, 4) is 0 Å². The van der Waals surface area contributed by atoms with Crippen LogP contribution in [-0.4, -0.2) is 25.5 Å². The molecule has 3 N–H and O–H groups in total. The number of hydrogen-bond donors (Lipinski definition) is 2. The van der Waals surface area contributed by atoms with Crippen LogP contribution in [0.15, 0.2) is 18.2 Å². The van der Waals surface area contributed by atoms with Crippen molar-refractivity contribution < 1.29 is 4.79 Å². The second-order valence-corrected chi connectivity index (χ2v) is 4.83. The first-order chi connectivity index (χ1) is 8.65. The van der Waals surface area contributed by atoms with Crippen LogP contribution in [0.4, 0.5) is 11.4 Å². The van der Waals surface area contributed by atoms with Crippen molar-refractivity contribution in [2.75, 3.05) is 24.2 Å². The lowest BCUT2D eigenvalue weighted by atomic mass is 9.98. The van der Waals surface area contributed by atoms with Crippen LogP contribution < -0.4 is 16.0 Å². The molecule has 1 amide bonds. The molecule has 0 aromatic heterocycles. The van der Waals surface area contributed by atoms with Crippen molar-refractivity contribution in [3.63, 3.8) is 0 Å². The van der Waals surface area contributed by atoms with Crippen LogP contribution in [0.25, 0.3) is 0 Å². The molecule has 1 aromatic rings. The molecule has 4 heteroatoms. The number of nitrogens with two attached hydrogens (primary N) is 1. The monoisotopic (exact) mass is 247 g/mol. The number of para-hydroxylation sites is 1. The Morgan fingerprint density at radius 3 is 2.89 bits per heavy atom. The van der Waals surface area contributed by atoms with Crippen molar-refractivity contribution in [3.05, 3.63) is 23.8 Å². The maximum Gasteiger partial charge on any atom is 0.242 e. The molecule has 0 aliphatic carbocycles. The standard InChI is InChI=1S/C14H21N3O/c1-10-6-5-7-11(15)13(10)17-9-4-3-8-12(17)14(18)16-2/h5-7,12H,3-4,8-9,15H2,1-2H3,(H,16,18). The number of carbonyl (C=O) groups excluding carboxylic acids is 1. The molecule has 4 nitrogen and oxygen atoms in total.